The third-order valence-electron chi connectivity index (χ3n) is 5.96. The number of benzene rings is 3. The van der Waals surface area contributed by atoms with Crippen molar-refractivity contribution in [3.63, 3.8) is 0 Å². The van der Waals surface area contributed by atoms with E-state index in [4.69, 9.17) is 0 Å². The van der Waals surface area contributed by atoms with Crippen LogP contribution >= 0.6 is 0 Å². The first-order chi connectivity index (χ1) is 16.6. The zero-order valence-electron chi connectivity index (χ0n) is 19.4. The molecule has 0 unspecified atom stereocenters. The van der Waals surface area contributed by atoms with Crippen LogP contribution in [0.4, 0.5) is 0 Å². The number of para-hydroxylation sites is 1. The van der Waals surface area contributed by atoms with Crippen LogP contribution in [0.5, 0.6) is 0 Å². The quantitative estimate of drug-likeness (QED) is 0.317. The number of nitrogens with zero attached hydrogens (tertiary/aromatic N) is 3. The SMILES string of the molecule is CCCCCCc1nn(-c2ccccc2)c(=O)n1Cc1ccc(-c2ccccc2C(=O)O)cc1. The average Bonchev–Trinajstić information content (AvgIpc) is 3.18. The maximum Gasteiger partial charge on any atom is 0.351 e. The van der Waals surface area contributed by atoms with Crippen molar-refractivity contribution in [2.75, 3.05) is 0 Å². The number of carbonyl (C=O) groups is 1. The molecule has 4 rings (SSSR count). The van der Waals surface area contributed by atoms with E-state index in [9.17, 15) is 14.7 Å². The van der Waals surface area contributed by atoms with E-state index >= 15 is 0 Å². The van der Waals surface area contributed by atoms with Gasteiger partial charge in [-0.25, -0.2) is 9.59 Å². The molecule has 174 valence electrons. The highest BCUT2D eigenvalue weighted by Gasteiger charge is 2.15. The summed E-state index contributed by atoms with van der Waals surface area (Å²) in [5.74, 6) is -0.169. The third kappa shape index (κ3) is 5.17. The normalized spacial score (nSPS) is 11.0. The van der Waals surface area contributed by atoms with Crippen LogP contribution in [0.25, 0.3) is 16.8 Å². The average molecular weight is 456 g/mol. The van der Waals surface area contributed by atoms with Crippen LogP contribution in [0.2, 0.25) is 0 Å². The molecule has 4 aromatic rings. The summed E-state index contributed by atoms with van der Waals surface area (Å²) in [5, 5.41) is 14.2. The Kier molecular flexibility index (Phi) is 7.38. The number of aryl methyl sites for hydroxylation is 1. The Labute approximate surface area is 199 Å². The van der Waals surface area contributed by atoms with Gasteiger partial charge in [-0.05, 0) is 41.3 Å². The maximum atomic E-state index is 13.3. The molecule has 3 aromatic carbocycles. The second kappa shape index (κ2) is 10.8. The monoisotopic (exact) mass is 455 g/mol. The van der Waals surface area contributed by atoms with Gasteiger partial charge in [0, 0.05) is 6.42 Å². The minimum atomic E-state index is -0.952. The molecule has 0 aliphatic carbocycles. The highest BCUT2D eigenvalue weighted by Crippen LogP contribution is 2.24. The molecule has 0 saturated carbocycles. The Hall–Kier alpha value is -3.93. The first kappa shape index (κ1) is 23.2. The number of hydrogen-bond donors (Lipinski definition) is 1. The molecule has 0 saturated heterocycles. The largest absolute Gasteiger partial charge is 0.478 e. The number of carboxylic acids is 1. The summed E-state index contributed by atoms with van der Waals surface area (Å²) in [4.78, 5) is 24.9. The molecule has 0 amide bonds. The number of carboxylic acid groups (broad SMARTS) is 1. The van der Waals surface area contributed by atoms with Gasteiger partial charge in [0.15, 0.2) is 0 Å². The second-order valence-electron chi connectivity index (χ2n) is 8.39. The Balaban J connectivity index is 1.63. The Morgan fingerprint density at radius 2 is 1.59 bits per heavy atom. The van der Waals surface area contributed by atoms with Crippen LogP contribution < -0.4 is 5.69 Å². The molecule has 0 aliphatic rings. The van der Waals surface area contributed by atoms with Gasteiger partial charge in [0.2, 0.25) is 0 Å². The van der Waals surface area contributed by atoms with E-state index in [0.29, 0.717) is 12.1 Å². The predicted octanol–water partition coefficient (Wildman–Crippen LogP) is 5.57. The first-order valence-corrected chi connectivity index (χ1v) is 11.7. The van der Waals surface area contributed by atoms with Crippen molar-refractivity contribution in [2.24, 2.45) is 0 Å². The van der Waals surface area contributed by atoms with Crippen LogP contribution in [-0.2, 0) is 13.0 Å². The molecule has 1 aromatic heterocycles. The van der Waals surface area contributed by atoms with Crippen molar-refractivity contribution >= 4 is 5.97 Å². The molecule has 1 heterocycles. The van der Waals surface area contributed by atoms with Crippen LogP contribution in [0.3, 0.4) is 0 Å². The van der Waals surface area contributed by atoms with E-state index in [2.05, 4.69) is 12.0 Å². The lowest BCUT2D eigenvalue weighted by Crippen LogP contribution is -2.25. The van der Waals surface area contributed by atoms with Gasteiger partial charge < -0.3 is 5.11 Å². The molecular formula is C28H29N3O3. The molecule has 0 bridgehead atoms. The Bertz CT molecular complexity index is 1300. The molecule has 6 heteroatoms. The van der Waals surface area contributed by atoms with Gasteiger partial charge in [0.25, 0.3) is 0 Å². The molecule has 0 atom stereocenters. The zero-order valence-corrected chi connectivity index (χ0v) is 19.4. The number of aromatic nitrogens is 3. The summed E-state index contributed by atoms with van der Waals surface area (Å²) in [6.45, 7) is 2.59. The molecule has 0 fully saturated rings. The van der Waals surface area contributed by atoms with Gasteiger partial charge >= 0.3 is 11.7 Å². The summed E-state index contributed by atoms with van der Waals surface area (Å²) in [6, 6.07) is 24.2. The fraction of sp³-hybridized carbons (Fsp3) is 0.250. The van der Waals surface area contributed by atoms with Crippen molar-refractivity contribution in [1.82, 2.24) is 14.3 Å². The minimum Gasteiger partial charge on any atom is -0.478 e. The van der Waals surface area contributed by atoms with Gasteiger partial charge in [-0.2, -0.15) is 4.68 Å². The van der Waals surface area contributed by atoms with Gasteiger partial charge in [-0.3, -0.25) is 4.57 Å². The second-order valence-corrected chi connectivity index (χ2v) is 8.39. The Morgan fingerprint density at radius 3 is 2.29 bits per heavy atom. The van der Waals surface area contributed by atoms with Crippen molar-refractivity contribution in [1.29, 1.82) is 0 Å². The fourth-order valence-corrected chi connectivity index (χ4v) is 4.12. The minimum absolute atomic E-state index is 0.156. The maximum absolute atomic E-state index is 13.3. The predicted molar refractivity (Wildman–Crippen MR) is 134 cm³/mol. The van der Waals surface area contributed by atoms with E-state index < -0.39 is 5.97 Å². The van der Waals surface area contributed by atoms with Crippen LogP contribution in [-0.4, -0.2) is 25.4 Å². The lowest BCUT2D eigenvalue weighted by atomic mass is 9.99. The van der Waals surface area contributed by atoms with E-state index in [0.717, 1.165) is 48.3 Å². The number of hydrogen-bond acceptors (Lipinski definition) is 3. The molecule has 6 nitrogen and oxygen atoms in total. The number of unbranched alkanes of at least 4 members (excludes halogenated alkanes) is 3. The summed E-state index contributed by atoms with van der Waals surface area (Å²) in [7, 11) is 0. The molecule has 0 spiro atoms. The molecule has 0 radical (unpaired) electrons. The fourth-order valence-electron chi connectivity index (χ4n) is 4.12. The van der Waals surface area contributed by atoms with Crippen LogP contribution in [0, 0.1) is 0 Å². The standard InChI is InChI=1S/C28H29N3O3/c1-2-3-4-8-15-26-29-31(23-11-6-5-7-12-23)28(34)30(26)20-21-16-18-22(19-17-21)24-13-9-10-14-25(24)27(32)33/h5-7,9-14,16-19H,2-4,8,15,20H2,1H3,(H,32,33). The van der Waals surface area contributed by atoms with Crippen LogP contribution in [0.1, 0.15) is 54.4 Å². The smallest absolute Gasteiger partial charge is 0.351 e. The van der Waals surface area contributed by atoms with Crippen molar-refractivity contribution in [2.45, 2.75) is 45.6 Å². The lowest BCUT2D eigenvalue weighted by Gasteiger charge is -2.09. The van der Waals surface area contributed by atoms with Gasteiger partial charge in [0.05, 0.1) is 17.8 Å². The molecule has 34 heavy (non-hydrogen) atoms. The van der Waals surface area contributed by atoms with Gasteiger partial charge in [-0.1, -0.05) is 86.8 Å². The van der Waals surface area contributed by atoms with Gasteiger partial charge in [-0.15, -0.1) is 5.10 Å². The summed E-state index contributed by atoms with van der Waals surface area (Å²) >= 11 is 0. The summed E-state index contributed by atoms with van der Waals surface area (Å²) < 4.78 is 3.23. The van der Waals surface area contributed by atoms with Gasteiger partial charge in [0.1, 0.15) is 5.82 Å². The van der Waals surface area contributed by atoms with Crippen molar-refractivity contribution in [3.05, 3.63) is 106 Å². The first-order valence-electron chi connectivity index (χ1n) is 11.7. The van der Waals surface area contributed by atoms with E-state index in [1.54, 1.807) is 22.8 Å². The van der Waals surface area contributed by atoms with E-state index in [1.807, 2.05) is 60.7 Å². The highest BCUT2D eigenvalue weighted by molar-refractivity contribution is 5.95. The van der Waals surface area contributed by atoms with Crippen molar-refractivity contribution < 1.29 is 9.90 Å². The van der Waals surface area contributed by atoms with Crippen LogP contribution in [0.15, 0.2) is 83.7 Å². The lowest BCUT2D eigenvalue weighted by molar-refractivity contribution is 0.0697. The molecule has 0 aliphatic heterocycles. The molecular weight excluding hydrogens is 426 g/mol. The molecule has 1 N–H and O–H groups in total. The topological polar surface area (TPSA) is 77.1 Å². The zero-order chi connectivity index (χ0) is 23.9. The van der Waals surface area contributed by atoms with E-state index in [-0.39, 0.29) is 11.3 Å². The number of rotatable bonds is 10. The Morgan fingerprint density at radius 1 is 0.882 bits per heavy atom. The third-order valence-corrected chi connectivity index (χ3v) is 5.96. The van der Waals surface area contributed by atoms with Crippen molar-refractivity contribution in [3.8, 4) is 16.8 Å². The van der Waals surface area contributed by atoms with E-state index in [1.165, 1.54) is 11.1 Å². The number of aromatic carboxylic acids is 1. The summed E-state index contributed by atoms with van der Waals surface area (Å²) in [6.07, 6.45) is 5.18. The highest BCUT2D eigenvalue weighted by atomic mass is 16.4. The summed E-state index contributed by atoms with van der Waals surface area (Å²) in [5.41, 5.74) is 3.32.